The van der Waals surface area contributed by atoms with Gasteiger partial charge >= 0.3 is 0 Å². The second-order valence-corrected chi connectivity index (χ2v) is 3.86. The van der Waals surface area contributed by atoms with Crippen LogP contribution < -0.4 is 16.0 Å². The van der Waals surface area contributed by atoms with Gasteiger partial charge in [0.2, 0.25) is 5.88 Å². The summed E-state index contributed by atoms with van der Waals surface area (Å²) in [6.07, 6.45) is 1.26. The highest BCUT2D eigenvalue weighted by atomic mass is 35.5. The Bertz CT molecular complexity index is 579. The van der Waals surface area contributed by atoms with Crippen LogP contribution in [0.5, 0.6) is 11.6 Å². The van der Waals surface area contributed by atoms with E-state index >= 15 is 0 Å². The molecule has 0 aliphatic carbocycles. The number of nitrogens with one attached hydrogen (secondary N) is 1. The Hall–Kier alpha value is -1.92. The molecule has 0 unspecified atom stereocenters. The summed E-state index contributed by atoms with van der Waals surface area (Å²) in [7, 11) is 0. The Kier molecular flexibility index (Phi) is 3.59. The van der Waals surface area contributed by atoms with E-state index < -0.39 is 5.82 Å². The van der Waals surface area contributed by atoms with Gasteiger partial charge in [-0.2, -0.15) is 0 Å². The van der Waals surface area contributed by atoms with E-state index in [0.29, 0.717) is 11.4 Å². The highest BCUT2D eigenvalue weighted by Crippen LogP contribution is 2.30. The lowest BCUT2D eigenvalue weighted by Crippen LogP contribution is -2.11. The number of hydrogen-bond acceptors (Lipinski definition) is 5. The van der Waals surface area contributed by atoms with E-state index in [2.05, 4.69) is 15.4 Å². The first-order valence-electron chi connectivity index (χ1n) is 5.03. The standard InChI is InChI=1S/C11H10ClFN4O/c1-6-10(17-14)15-5-16-11(6)18-8-4-2-3-7(12)9(8)13/h2-5H,14H2,1H3,(H,15,16,17). The molecule has 3 N–H and O–H groups in total. The van der Waals surface area contributed by atoms with Crippen molar-refractivity contribution in [1.29, 1.82) is 0 Å². The number of nitrogens with two attached hydrogens (primary N) is 1. The number of ether oxygens (including phenoxy) is 1. The second-order valence-electron chi connectivity index (χ2n) is 3.45. The predicted molar refractivity (Wildman–Crippen MR) is 66.1 cm³/mol. The van der Waals surface area contributed by atoms with Crippen molar-refractivity contribution in [3.8, 4) is 11.6 Å². The smallest absolute Gasteiger partial charge is 0.227 e. The third kappa shape index (κ3) is 2.34. The first-order valence-corrected chi connectivity index (χ1v) is 5.41. The van der Waals surface area contributed by atoms with Crippen molar-refractivity contribution < 1.29 is 9.13 Å². The number of halogens is 2. The quantitative estimate of drug-likeness (QED) is 0.661. The molecule has 0 fully saturated rings. The van der Waals surface area contributed by atoms with Gasteiger partial charge in [0.05, 0.1) is 10.6 Å². The van der Waals surface area contributed by atoms with Crippen LogP contribution in [0.3, 0.4) is 0 Å². The van der Waals surface area contributed by atoms with Crippen LogP contribution in [-0.4, -0.2) is 9.97 Å². The SMILES string of the molecule is Cc1c(NN)ncnc1Oc1cccc(Cl)c1F. The summed E-state index contributed by atoms with van der Waals surface area (Å²) in [6, 6.07) is 4.47. The molecule has 0 saturated heterocycles. The lowest BCUT2D eigenvalue weighted by molar-refractivity contribution is 0.424. The summed E-state index contributed by atoms with van der Waals surface area (Å²) in [5.74, 6) is 5.24. The first-order chi connectivity index (χ1) is 8.63. The maximum Gasteiger partial charge on any atom is 0.227 e. The monoisotopic (exact) mass is 268 g/mol. The van der Waals surface area contributed by atoms with Gasteiger partial charge in [-0.25, -0.2) is 20.2 Å². The Morgan fingerprint density at radius 2 is 2.17 bits per heavy atom. The molecule has 0 bridgehead atoms. The van der Waals surface area contributed by atoms with Gasteiger partial charge in [0.1, 0.15) is 12.1 Å². The van der Waals surface area contributed by atoms with Crippen LogP contribution in [0, 0.1) is 12.7 Å². The molecule has 94 valence electrons. The van der Waals surface area contributed by atoms with Crippen LogP contribution in [0.4, 0.5) is 10.2 Å². The molecule has 2 rings (SSSR count). The Labute approximate surface area is 108 Å². The van der Waals surface area contributed by atoms with Crippen molar-refractivity contribution in [2.24, 2.45) is 5.84 Å². The van der Waals surface area contributed by atoms with Crippen molar-refractivity contribution >= 4 is 17.4 Å². The molecule has 2 aromatic rings. The Balaban J connectivity index is 2.37. The van der Waals surface area contributed by atoms with Crippen LogP contribution in [0.25, 0.3) is 0 Å². The molecule has 1 aromatic carbocycles. The third-order valence-electron chi connectivity index (χ3n) is 2.30. The minimum absolute atomic E-state index is 0.00716. The number of benzene rings is 1. The van der Waals surface area contributed by atoms with Gasteiger partial charge in [-0.1, -0.05) is 17.7 Å². The molecule has 18 heavy (non-hydrogen) atoms. The van der Waals surface area contributed by atoms with E-state index in [9.17, 15) is 4.39 Å². The zero-order valence-electron chi connectivity index (χ0n) is 9.45. The van der Waals surface area contributed by atoms with Crippen molar-refractivity contribution in [1.82, 2.24) is 9.97 Å². The summed E-state index contributed by atoms with van der Waals surface area (Å²) in [4.78, 5) is 7.81. The van der Waals surface area contributed by atoms with Gasteiger partial charge in [-0.05, 0) is 19.1 Å². The molecule has 0 saturated carbocycles. The fourth-order valence-electron chi connectivity index (χ4n) is 1.35. The minimum Gasteiger partial charge on any atom is -0.435 e. The molecule has 0 aliphatic rings. The second kappa shape index (κ2) is 5.16. The molecule has 0 radical (unpaired) electrons. The largest absolute Gasteiger partial charge is 0.435 e. The van der Waals surface area contributed by atoms with Crippen molar-refractivity contribution in [3.05, 3.63) is 40.9 Å². The average molecular weight is 269 g/mol. The van der Waals surface area contributed by atoms with Gasteiger partial charge in [0.25, 0.3) is 0 Å². The summed E-state index contributed by atoms with van der Waals surface area (Å²) in [5.41, 5.74) is 2.97. The normalized spacial score (nSPS) is 10.2. The molecule has 0 atom stereocenters. The molecule has 7 heteroatoms. The first kappa shape index (κ1) is 12.5. The molecule has 0 amide bonds. The minimum atomic E-state index is -0.639. The number of nitrogens with zero attached hydrogens (tertiary/aromatic N) is 2. The van der Waals surface area contributed by atoms with Gasteiger partial charge in [-0.3, -0.25) is 0 Å². The molecular formula is C11H10ClFN4O. The summed E-state index contributed by atoms with van der Waals surface area (Å²) >= 11 is 5.66. The van der Waals surface area contributed by atoms with E-state index in [1.807, 2.05) is 0 Å². The molecule has 1 aromatic heterocycles. The summed E-state index contributed by atoms with van der Waals surface area (Å²) < 4.78 is 19.0. The summed E-state index contributed by atoms with van der Waals surface area (Å²) in [5, 5.41) is -0.0172. The molecule has 1 heterocycles. The molecular weight excluding hydrogens is 259 g/mol. The number of aromatic nitrogens is 2. The number of anilines is 1. The maximum absolute atomic E-state index is 13.7. The van der Waals surface area contributed by atoms with E-state index in [1.165, 1.54) is 18.5 Å². The van der Waals surface area contributed by atoms with Gasteiger partial charge in [0, 0.05) is 0 Å². The maximum atomic E-state index is 13.7. The number of nitrogen functional groups attached to an aromatic ring is 1. The van der Waals surface area contributed by atoms with E-state index in [-0.39, 0.29) is 16.7 Å². The van der Waals surface area contributed by atoms with Crippen molar-refractivity contribution in [3.63, 3.8) is 0 Å². The zero-order chi connectivity index (χ0) is 13.1. The lowest BCUT2D eigenvalue weighted by atomic mass is 10.3. The Morgan fingerprint density at radius 3 is 2.89 bits per heavy atom. The third-order valence-corrected chi connectivity index (χ3v) is 2.59. The molecule has 5 nitrogen and oxygen atoms in total. The van der Waals surface area contributed by atoms with Crippen LogP contribution in [0.15, 0.2) is 24.5 Å². The van der Waals surface area contributed by atoms with Crippen LogP contribution >= 0.6 is 11.6 Å². The zero-order valence-corrected chi connectivity index (χ0v) is 10.2. The Morgan fingerprint density at radius 1 is 1.39 bits per heavy atom. The van der Waals surface area contributed by atoms with E-state index in [1.54, 1.807) is 13.0 Å². The highest BCUT2D eigenvalue weighted by Gasteiger charge is 2.12. The van der Waals surface area contributed by atoms with Gasteiger partial charge in [0.15, 0.2) is 11.6 Å². The topological polar surface area (TPSA) is 73.1 Å². The predicted octanol–water partition coefficient (Wildman–Crippen LogP) is 2.66. The highest BCUT2D eigenvalue weighted by molar-refractivity contribution is 6.30. The fourth-order valence-corrected chi connectivity index (χ4v) is 1.52. The van der Waals surface area contributed by atoms with Crippen molar-refractivity contribution in [2.75, 3.05) is 5.43 Å². The van der Waals surface area contributed by atoms with E-state index in [4.69, 9.17) is 22.2 Å². The van der Waals surface area contributed by atoms with Crippen LogP contribution in [0.1, 0.15) is 5.56 Å². The van der Waals surface area contributed by atoms with Crippen LogP contribution in [0.2, 0.25) is 5.02 Å². The number of hydrogen-bond donors (Lipinski definition) is 2. The molecule has 0 aliphatic heterocycles. The summed E-state index contributed by atoms with van der Waals surface area (Å²) in [6.45, 7) is 1.70. The van der Waals surface area contributed by atoms with E-state index in [0.717, 1.165) is 0 Å². The average Bonchev–Trinajstić information content (AvgIpc) is 2.37. The van der Waals surface area contributed by atoms with Crippen molar-refractivity contribution in [2.45, 2.75) is 6.92 Å². The van der Waals surface area contributed by atoms with Crippen LogP contribution in [-0.2, 0) is 0 Å². The van der Waals surface area contributed by atoms with Gasteiger partial charge < -0.3 is 10.2 Å². The van der Waals surface area contributed by atoms with Gasteiger partial charge in [-0.15, -0.1) is 0 Å². The fraction of sp³-hybridized carbons (Fsp3) is 0.0909. The number of hydrazine groups is 1. The molecule has 0 spiro atoms. The number of rotatable bonds is 3. The lowest BCUT2D eigenvalue weighted by Gasteiger charge is -2.10.